The number of carbonyl (C=O) groups is 2. The van der Waals surface area contributed by atoms with Gasteiger partial charge in [-0.3, -0.25) is 9.69 Å². The molecular formula is C18H14BrN3O2. The minimum absolute atomic E-state index is 0.192. The average molecular weight is 384 g/mol. The molecule has 1 unspecified atom stereocenters. The Morgan fingerprint density at radius 2 is 1.83 bits per heavy atom. The van der Waals surface area contributed by atoms with Crippen molar-refractivity contribution in [1.82, 2.24) is 10.2 Å². The third-order valence-electron chi connectivity index (χ3n) is 4.15. The van der Waals surface area contributed by atoms with Gasteiger partial charge in [0.05, 0.1) is 18.2 Å². The van der Waals surface area contributed by atoms with Crippen LogP contribution in [0.15, 0.2) is 53.0 Å². The Bertz CT molecular complexity index is 857. The van der Waals surface area contributed by atoms with Gasteiger partial charge >= 0.3 is 6.03 Å². The first-order chi connectivity index (χ1) is 11.5. The topological polar surface area (TPSA) is 73.2 Å². The van der Waals surface area contributed by atoms with E-state index in [1.165, 1.54) is 4.90 Å². The van der Waals surface area contributed by atoms with Crippen LogP contribution in [0.4, 0.5) is 4.79 Å². The number of urea groups is 1. The van der Waals surface area contributed by atoms with Gasteiger partial charge in [0.15, 0.2) is 0 Å². The smallest absolute Gasteiger partial charge is 0.319 e. The van der Waals surface area contributed by atoms with Crippen LogP contribution < -0.4 is 5.32 Å². The first-order valence-corrected chi connectivity index (χ1v) is 8.13. The fraction of sp³-hybridized carbons (Fsp3) is 0.167. The van der Waals surface area contributed by atoms with Gasteiger partial charge < -0.3 is 5.32 Å². The van der Waals surface area contributed by atoms with E-state index in [0.717, 1.165) is 10.0 Å². The largest absolute Gasteiger partial charge is 0.325 e. The van der Waals surface area contributed by atoms with Crippen molar-refractivity contribution in [2.45, 2.75) is 19.0 Å². The van der Waals surface area contributed by atoms with Gasteiger partial charge in [-0.1, -0.05) is 46.3 Å². The fourth-order valence-electron chi connectivity index (χ4n) is 2.71. The molecule has 0 spiro atoms. The third kappa shape index (κ3) is 2.68. The molecule has 3 amide bonds. The predicted molar refractivity (Wildman–Crippen MR) is 91.7 cm³/mol. The summed E-state index contributed by atoms with van der Waals surface area (Å²) >= 11 is 3.43. The van der Waals surface area contributed by atoms with E-state index in [2.05, 4.69) is 21.2 Å². The molecule has 1 saturated heterocycles. The second kappa shape index (κ2) is 6.10. The number of halogens is 1. The molecule has 0 radical (unpaired) electrons. The summed E-state index contributed by atoms with van der Waals surface area (Å²) < 4.78 is 0.845. The Balaban J connectivity index is 1.90. The molecule has 1 aliphatic rings. The zero-order chi connectivity index (χ0) is 17.3. The number of amides is 3. The van der Waals surface area contributed by atoms with Gasteiger partial charge in [0.1, 0.15) is 5.54 Å². The molecule has 1 N–H and O–H groups in total. The Morgan fingerprint density at radius 1 is 1.17 bits per heavy atom. The van der Waals surface area contributed by atoms with Crippen molar-refractivity contribution in [2.24, 2.45) is 0 Å². The van der Waals surface area contributed by atoms with E-state index in [1.54, 1.807) is 31.2 Å². The van der Waals surface area contributed by atoms with Gasteiger partial charge in [-0.2, -0.15) is 5.26 Å². The number of rotatable bonds is 3. The minimum atomic E-state index is -1.13. The van der Waals surface area contributed by atoms with Crippen LogP contribution in [0.3, 0.4) is 0 Å². The van der Waals surface area contributed by atoms with Crippen LogP contribution in [0, 0.1) is 11.3 Å². The Morgan fingerprint density at radius 3 is 2.46 bits per heavy atom. The maximum absolute atomic E-state index is 12.9. The first kappa shape index (κ1) is 16.2. The normalized spacial score (nSPS) is 20.0. The molecule has 0 aliphatic carbocycles. The van der Waals surface area contributed by atoms with Gasteiger partial charge in [-0.05, 0) is 36.2 Å². The first-order valence-electron chi connectivity index (χ1n) is 7.34. The lowest BCUT2D eigenvalue weighted by Gasteiger charge is -2.22. The summed E-state index contributed by atoms with van der Waals surface area (Å²) in [7, 11) is 0. The van der Waals surface area contributed by atoms with E-state index in [1.807, 2.05) is 30.3 Å². The van der Waals surface area contributed by atoms with Gasteiger partial charge in [0, 0.05) is 4.47 Å². The molecule has 24 heavy (non-hydrogen) atoms. The van der Waals surface area contributed by atoms with E-state index >= 15 is 0 Å². The molecule has 1 fully saturated rings. The molecule has 6 heteroatoms. The summed E-state index contributed by atoms with van der Waals surface area (Å²) in [5.74, 6) is -0.312. The van der Waals surface area contributed by atoms with Crippen LogP contribution in [0.25, 0.3) is 0 Å². The summed E-state index contributed by atoms with van der Waals surface area (Å²) in [6.07, 6.45) is 0. The summed E-state index contributed by atoms with van der Waals surface area (Å²) in [5, 5.41) is 11.6. The van der Waals surface area contributed by atoms with E-state index in [4.69, 9.17) is 5.26 Å². The van der Waals surface area contributed by atoms with Crippen molar-refractivity contribution >= 4 is 27.9 Å². The quantitative estimate of drug-likeness (QED) is 0.826. The summed E-state index contributed by atoms with van der Waals surface area (Å²) in [6, 6.07) is 15.7. The van der Waals surface area contributed by atoms with E-state index < -0.39 is 11.6 Å². The highest BCUT2D eigenvalue weighted by atomic mass is 79.9. The molecule has 0 saturated carbocycles. The standard InChI is InChI=1S/C18H14BrN3O2/c1-18(14-8-6-12(10-20)7-9-14)16(23)22(17(24)21-18)11-13-4-2-3-5-15(13)19/h2-9H,11H2,1H3,(H,21,24). The summed E-state index contributed by atoms with van der Waals surface area (Å²) in [5.41, 5.74) is 0.871. The third-order valence-corrected chi connectivity index (χ3v) is 4.93. The molecule has 0 bridgehead atoms. The monoisotopic (exact) mass is 383 g/mol. The maximum Gasteiger partial charge on any atom is 0.325 e. The number of nitriles is 1. The molecule has 2 aromatic rings. The molecule has 5 nitrogen and oxygen atoms in total. The molecule has 0 aromatic heterocycles. The van der Waals surface area contributed by atoms with E-state index in [9.17, 15) is 9.59 Å². The number of carbonyl (C=O) groups excluding carboxylic acids is 2. The van der Waals surface area contributed by atoms with Crippen LogP contribution in [0.1, 0.15) is 23.6 Å². The number of benzene rings is 2. The highest BCUT2D eigenvalue weighted by molar-refractivity contribution is 9.10. The summed E-state index contributed by atoms with van der Waals surface area (Å²) in [6.45, 7) is 1.87. The van der Waals surface area contributed by atoms with E-state index in [0.29, 0.717) is 11.1 Å². The minimum Gasteiger partial charge on any atom is -0.319 e. The van der Waals surface area contributed by atoms with Crippen LogP contribution >= 0.6 is 15.9 Å². The predicted octanol–water partition coefficient (Wildman–Crippen LogP) is 3.29. The molecular weight excluding hydrogens is 370 g/mol. The molecule has 3 rings (SSSR count). The second-order valence-electron chi connectivity index (χ2n) is 5.73. The SMILES string of the molecule is CC1(c2ccc(C#N)cc2)NC(=O)N(Cc2ccccc2Br)C1=O. The lowest BCUT2D eigenvalue weighted by Crippen LogP contribution is -2.40. The summed E-state index contributed by atoms with van der Waals surface area (Å²) in [4.78, 5) is 26.4. The average Bonchev–Trinajstić information content (AvgIpc) is 2.81. The zero-order valence-electron chi connectivity index (χ0n) is 12.9. The lowest BCUT2D eigenvalue weighted by atomic mass is 9.91. The fourth-order valence-corrected chi connectivity index (χ4v) is 3.12. The van der Waals surface area contributed by atoms with Gasteiger partial charge in [0.2, 0.25) is 0 Å². The van der Waals surface area contributed by atoms with Gasteiger partial charge in [-0.25, -0.2) is 4.79 Å². The van der Waals surface area contributed by atoms with E-state index in [-0.39, 0.29) is 12.5 Å². The molecule has 2 aromatic carbocycles. The number of hydrogen-bond acceptors (Lipinski definition) is 3. The van der Waals surface area contributed by atoms with Gasteiger partial charge in [0.25, 0.3) is 5.91 Å². The molecule has 1 aliphatic heterocycles. The maximum atomic E-state index is 12.9. The van der Waals surface area contributed by atoms with Crippen LogP contribution in [0.5, 0.6) is 0 Å². The highest BCUT2D eigenvalue weighted by Gasteiger charge is 2.48. The van der Waals surface area contributed by atoms with Crippen LogP contribution in [-0.2, 0) is 16.9 Å². The highest BCUT2D eigenvalue weighted by Crippen LogP contribution is 2.30. The van der Waals surface area contributed by atoms with Crippen LogP contribution in [0.2, 0.25) is 0 Å². The van der Waals surface area contributed by atoms with Gasteiger partial charge in [-0.15, -0.1) is 0 Å². The van der Waals surface area contributed by atoms with Crippen molar-refractivity contribution in [3.8, 4) is 6.07 Å². The van der Waals surface area contributed by atoms with Crippen molar-refractivity contribution in [3.63, 3.8) is 0 Å². The number of nitrogens with one attached hydrogen (secondary N) is 1. The number of imide groups is 1. The zero-order valence-corrected chi connectivity index (χ0v) is 14.5. The van der Waals surface area contributed by atoms with Crippen LogP contribution in [-0.4, -0.2) is 16.8 Å². The van der Waals surface area contributed by atoms with Crippen molar-refractivity contribution < 1.29 is 9.59 Å². The van der Waals surface area contributed by atoms with Crippen molar-refractivity contribution in [3.05, 3.63) is 69.7 Å². The Kier molecular flexibility index (Phi) is 4.12. The molecule has 1 atom stereocenters. The number of nitrogens with zero attached hydrogens (tertiary/aromatic N) is 2. The second-order valence-corrected chi connectivity index (χ2v) is 6.58. The lowest BCUT2D eigenvalue weighted by molar-refractivity contribution is -0.131. The van der Waals surface area contributed by atoms with Crippen molar-refractivity contribution in [2.75, 3.05) is 0 Å². The Labute approximate surface area is 148 Å². The molecule has 1 heterocycles. The number of hydrogen-bond donors (Lipinski definition) is 1. The Hall–Kier alpha value is -2.65. The molecule has 120 valence electrons. The van der Waals surface area contributed by atoms with Crippen molar-refractivity contribution in [1.29, 1.82) is 5.26 Å².